The lowest BCUT2D eigenvalue weighted by Gasteiger charge is -2.12. The number of benzene rings is 2. The topological polar surface area (TPSA) is 47.6 Å². The third kappa shape index (κ3) is 3.63. The highest BCUT2D eigenvalue weighted by molar-refractivity contribution is 14.1. The molecule has 21 heavy (non-hydrogen) atoms. The molecule has 0 aromatic heterocycles. The molecule has 0 aliphatic carbocycles. The monoisotopic (exact) mass is 401 g/mol. The predicted molar refractivity (Wildman–Crippen MR) is 86.6 cm³/mol. The van der Waals surface area contributed by atoms with E-state index in [1.54, 1.807) is 18.2 Å². The van der Waals surface area contributed by atoms with Crippen molar-refractivity contribution in [2.45, 2.75) is 0 Å². The Morgan fingerprint density at radius 1 is 1.14 bits per heavy atom. The zero-order chi connectivity index (χ0) is 15.4. The van der Waals surface area contributed by atoms with Crippen molar-refractivity contribution in [3.05, 3.63) is 51.3 Å². The van der Waals surface area contributed by atoms with Gasteiger partial charge in [0.05, 0.1) is 25.5 Å². The molecule has 0 aliphatic heterocycles. The molecule has 0 aliphatic rings. The molecule has 4 nitrogen and oxygen atoms in total. The molecule has 1 N–H and O–H groups in total. The highest BCUT2D eigenvalue weighted by Crippen LogP contribution is 2.29. The zero-order valence-electron chi connectivity index (χ0n) is 11.4. The molecule has 2 aromatic rings. The van der Waals surface area contributed by atoms with E-state index >= 15 is 0 Å². The van der Waals surface area contributed by atoms with E-state index in [1.807, 2.05) is 22.6 Å². The largest absolute Gasteiger partial charge is 0.497 e. The number of rotatable bonds is 4. The molecule has 0 spiro atoms. The zero-order valence-corrected chi connectivity index (χ0v) is 13.6. The highest BCUT2D eigenvalue weighted by Gasteiger charge is 2.14. The van der Waals surface area contributed by atoms with E-state index in [1.165, 1.54) is 32.4 Å². The lowest BCUT2D eigenvalue weighted by molar-refractivity contribution is 0.102. The van der Waals surface area contributed by atoms with Crippen molar-refractivity contribution in [3.63, 3.8) is 0 Å². The van der Waals surface area contributed by atoms with Crippen molar-refractivity contribution in [3.8, 4) is 11.5 Å². The molecule has 0 bridgehead atoms. The van der Waals surface area contributed by atoms with E-state index in [4.69, 9.17) is 9.47 Å². The number of hydrogen-bond acceptors (Lipinski definition) is 3. The molecule has 6 heteroatoms. The summed E-state index contributed by atoms with van der Waals surface area (Å²) in [6.07, 6.45) is 0. The maximum Gasteiger partial charge on any atom is 0.256 e. The number of methoxy groups -OCH3 is 2. The van der Waals surface area contributed by atoms with Crippen LogP contribution in [0.2, 0.25) is 0 Å². The number of ether oxygens (including phenoxy) is 2. The first-order chi connectivity index (χ1) is 10.0. The van der Waals surface area contributed by atoms with Gasteiger partial charge in [0.25, 0.3) is 5.91 Å². The third-order valence-corrected chi connectivity index (χ3v) is 3.72. The van der Waals surface area contributed by atoms with Gasteiger partial charge in [0.1, 0.15) is 17.3 Å². The number of halogens is 2. The van der Waals surface area contributed by atoms with Crippen LogP contribution in [0, 0.1) is 9.39 Å². The number of anilines is 1. The third-order valence-electron chi connectivity index (χ3n) is 2.83. The number of carbonyl (C=O) groups is 1. The van der Waals surface area contributed by atoms with Crippen LogP contribution in [0.15, 0.2) is 36.4 Å². The Kier molecular flexibility index (Phi) is 5.00. The van der Waals surface area contributed by atoms with Gasteiger partial charge in [0.15, 0.2) is 0 Å². The Morgan fingerprint density at radius 3 is 2.52 bits per heavy atom. The SMILES string of the molecule is COc1ccc(OC)c(NC(=O)c2ccc(F)cc2I)c1. The summed E-state index contributed by atoms with van der Waals surface area (Å²) in [7, 11) is 3.05. The Bertz CT molecular complexity index is 676. The van der Waals surface area contributed by atoms with Crippen LogP contribution >= 0.6 is 22.6 Å². The fraction of sp³-hybridized carbons (Fsp3) is 0.133. The summed E-state index contributed by atoms with van der Waals surface area (Å²) < 4.78 is 23.9. The van der Waals surface area contributed by atoms with Crippen LogP contribution in [0.1, 0.15) is 10.4 Å². The van der Waals surface area contributed by atoms with E-state index in [2.05, 4.69) is 5.32 Å². The maximum absolute atomic E-state index is 13.1. The second-order valence-electron chi connectivity index (χ2n) is 4.14. The van der Waals surface area contributed by atoms with Crippen molar-refractivity contribution in [1.82, 2.24) is 0 Å². The lowest BCUT2D eigenvalue weighted by Crippen LogP contribution is -2.14. The molecule has 0 unspecified atom stereocenters. The molecule has 2 rings (SSSR count). The van der Waals surface area contributed by atoms with Crippen LogP contribution < -0.4 is 14.8 Å². The van der Waals surface area contributed by atoms with Gasteiger partial charge in [-0.1, -0.05) is 0 Å². The normalized spacial score (nSPS) is 10.1. The van der Waals surface area contributed by atoms with Gasteiger partial charge >= 0.3 is 0 Å². The molecule has 0 heterocycles. The Balaban J connectivity index is 2.30. The standard InChI is InChI=1S/C15H13FINO3/c1-20-10-4-6-14(21-2)13(8-10)18-15(19)11-5-3-9(16)7-12(11)17/h3-8H,1-2H3,(H,18,19). The van der Waals surface area contributed by atoms with Crippen LogP contribution in [-0.4, -0.2) is 20.1 Å². The van der Waals surface area contributed by atoms with Crippen molar-refractivity contribution in [1.29, 1.82) is 0 Å². The molecular formula is C15H13FINO3. The molecular weight excluding hydrogens is 388 g/mol. The van der Waals surface area contributed by atoms with Crippen molar-refractivity contribution in [2.24, 2.45) is 0 Å². The highest BCUT2D eigenvalue weighted by atomic mass is 127. The van der Waals surface area contributed by atoms with Crippen LogP contribution in [-0.2, 0) is 0 Å². The molecule has 0 saturated heterocycles. The Hall–Kier alpha value is -1.83. The fourth-order valence-corrected chi connectivity index (χ4v) is 2.50. The van der Waals surface area contributed by atoms with Gasteiger partial charge in [-0.2, -0.15) is 0 Å². The van der Waals surface area contributed by atoms with Crippen LogP contribution in [0.4, 0.5) is 10.1 Å². The van der Waals surface area contributed by atoms with Gasteiger partial charge in [-0.05, 0) is 52.9 Å². The lowest BCUT2D eigenvalue weighted by atomic mass is 10.2. The van der Waals surface area contributed by atoms with Crippen LogP contribution in [0.5, 0.6) is 11.5 Å². The van der Waals surface area contributed by atoms with Crippen molar-refractivity contribution in [2.75, 3.05) is 19.5 Å². The van der Waals surface area contributed by atoms with E-state index in [9.17, 15) is 9.18 Å². The van der Waals surface area contributed by atoms with Gasteiger partial charge in [-0.25, -0.2) is 4.39 Å². The van der Waals surface area contributed by atoms with Crippen LogP contribution in [0.3, 0.4) is 0 Å². The Morgan fingerprint density at radius 2 is 1.90 bits per heavy atom. The van der Waals surface area contributed by atoms with E-state index < -0.39 is 0 Å². The second kappa shape index (κ2) is 6.75. The minimum atomic E-state index is -0.380. The summed E-state index contributed by atoms with van der Waals surface area (Å²) in [6.45, 7) is 0. The first kappa shape index (κ1) is 15.6. The summed E-state index contributed by atoms with van der Waals surface area (Å²) in [6, 6.07) is 9.09. The van der Waals surface area contributed by atoms with Crippen molar-refractivity contribution >= 4 is 34.2 Å². The van der Waals surface area contributed by atoms with Gasteiger partial charge in [-0.3, -0.25) is 4.79 Å². The Labute approximate surface area is 135 Å². The summed E-state index contributed by atoms with van der Waals surface area (Å²) in [4.78, 5) is 12.3. The summed E-state index contributed by atoms with van der Waals surface area (Å²) in [5.41, 5.74) is 0.879. The minimum absolute atomic E-state index is 0.342. The maximum atomic E-state index is 13.1. The summed E-state index contributed by atoms with van der Waals surface area (Å²) in [5, 5.41) is 2.74. The number of hydrogen-bond donors (Lipinski definition) is 1. The fourth-order valence-electron chi connectivity index (χ4n) is 1.78. The second-order valence-corrected chi connectivity index (χ2v) is 5.31. The molecule has 0 atom stereocenters. The van der Waals surface area contributed by atoms with Crippen LogP contribution in [0.25, 0.3) is 0 Å². The van der Waals surface area contributed by atoms with Crippen molar-refractivity contribution < 1.29 is 18.7 Å². The average Bonchev–Trinajstić information content (AvgIpc) is 2.46. The van der Waals surface area contributed by atoms with Gasteiger partial charge in [-0.15, -0.1) is 0 Å². The minimum Gasteiger partial charge on any atom is -0.497 e. The van der Waals surface area contributed by atoms with E-state index in [-0.39, 0.29) is 11.7 Å². The number of amides is 1. The average molecular weight is 401 g/mol. The predicted octanol–water partition coefficient (Wildman–Crippen LogP) is 3.70. The van der Waals surface area contributed by atoms with Gasteiger partial charge < -0.3 is 14.8 Å². The molecule has 1 amide bonds. The quantitative estimate of drug-likeness (QED) is 0.796. The first-order valence-corrected chi connectivity index (χ1v) is 7.11. The smallest absolute Gasteiger partial charge is 0.256 e. The molecule has 0 saturated carbocycles. The summed E-state index contributed by atoms with van der Waals surface area (Å²) in [5.74, 6) is 0.391. The molecule has 0 fully saturated rings. The summed E-state index contributed by atoms with van der Waals surface area (Å²) >= 11 is 1.92. The molecule has 2 aromatic carbocycles. The van der Waals surface area contributed by atoms with Gasteiger partial charge in [0.2, 0.25) is 0 Å². The van der Waals surface area contributed by atoms with E-state index in [0.29, 0.717) is 26.3 Å². The first-order valence-electron chi connectivity index (χ1n) is 6.03. The number of nitrogens with one attached hydrogen (secondary N) is 1. The van der Waals surface area contributed by atoms with E-state index in [0.717, 1.165) is 0 Å². The van der Waals surface area contributed by atoms with Gasteiger partial charge in [0, 0.05) is 9.64 Å². The molecule has 0 radical (unpaired) electrons. The molecule has 110 valence electrons. The number of carbonyl (C=O) groups excluding carboxylic acids is 1.